The number of ketones is 1. The first-order chi connectivity index (χ1) is 6.82. The number of aromatic nitrogens is 2. The lowest BCUT2D eigenvalue weighted by molar-refractivity contribution is -0.0891. The van der Waals surface area contributed by atoms with Crippen molar-refractivity contribution in [3.63, 3.8) is 0 Å². The molecule has 5 nitrogen and oxygen atoms in total. The molecule has 0 unspecified atom stereocenters. The van der Waals surface area contributed by atoms with Gasteiger partial charge in [0.15, 0.2) is 0 Å². The molecular weight excluding hydrogens is 213 g/mol. The van der Waals surface area contributed by atoms with Crippen molar-refractivity contribution >= 4 is 11.6 Å². The van der Waals surface area contributed by atoms with Crippen molar-refractivity contribution < 1.29 is 18.0 Å². The number of carbonyl (C=O) groups excluding carboxylic acids is 1. The van der Waals surface area contributed by atoms with Crippen LogP contribution in [0.25, 0.3) is 0 Å². The predicted octanol–water partition coefficient (Wildman–Crippen LogP) is 0.506. The van der Waals surface area contributed by atoms with Gasteiger partial charge in [-0.15, -0.1) is 0 Å². The Morgan fingerprint density at radius 2 is 1.80 bits per heavy atom. The van der Waals surface area contributed by atoms with E-state index in [0.717, 1.165) is 12.4 Å². The van der Waals surface area contributed by atoms with Crippen LogP contribution in [-0.4, -0.2) is 27.8 Å². The summed E-state index contributed by atoms with van der Waals surface area (Å²) in [5.41, 5.74) is 5.07. The molecule has 1 aromatic heterocycles. The van der Waals surface area contributed by atoms with E-state index in [1.54, 1.807) is 0 Å². The van der Waals surface area contributed by atoms with Gasteiger partial charge in [-0.05, 0) is 0 Å². The summed E-state index contributed by atoms with van der Waals surface area (Å²) in [6.45, 7) is 0. The molecule has 0 atom stereocenters. The largest absolute Gasteiger partial charge is 0.458 e. The van der Waals surface area contributed by atoms with Gasteiger partial charge in [0, 0.05) is 12.4 Å². The second kappa shape index (κ2) is 3.64. The summed E-state index contributed by atoms with van der Waals surface area (Å²) in [6, 6.07) is 0. The van der Waals surface area contributed by atoms with Crippen molar-refractivity contribution in [3.8, 4) is 0 Å². The molecule has 0 saturated carbocycles. The van der Waals surface area contributed by atoms with Crippen molar-refractivity contribution in [1.29, 1.82) is 5.41 Å². The van der Waals surface area contributed by atoms with E-state index < -0.39 is 17.8 Å². The molecule has 0 aliphatic rings. The molecule has 0 aromatic carbocycles. The predicted molar refractivity (Wildman–Crippen MR) is 43.4 cm³/mol. The first-order valence-electron chi connectivity index (χ1n) is 3.60. The Morgan fingerprint density at radius 1 is 1.33 bits per heavy atom. The van der Waals surface area contributed by atoms with E-state index in [2.05, 4.69) is 9.97 Å². The summed E-state index contributed by atoms with van der Waals surface area (Å²) in [4.78, 5) is 16.9. The highest BCUT2D eigenvalue weighted by atomic mass is 19.4. The fraction of sp³-hybridized carbons (Fsp3) is 0.143. The van der Waals surface area contributed by atoms with Gasteiger partial charge in [0.25, 0.3) is 0 Å². The molecule has 1 aromatic rings. The normalized spacial score (nSPS) is 11.1. The third-order valence-electron chi connectivity index (χ3n) is 1.42. The maximum Gasteiger partial charge on any atom is 0.458 e. The number of hydrogen-bond acceptors (Lipinski definition) is 4. The van der Waals surface area contributed by atoms with Crippen molar-refractivity contribution in [2.24, 2.45) is 5.73 Å². The van der Waals surface area contributed by atoms with Gasteiger partial charge >= 0.3 is 12.0 Å². The molecule has 0 spiro atoms. The van der Waals surface area contributed by atoms with Crippen molar-refractivity contribution in [3.05, 3.63) is 23.8 Å². The third-order valence-corrected chi connectivity index (χ3v) is 1.42. The highest BCUT2D eigenvalue weighted by Crippen LogP contribution is 2.19. The monoisotopic (exact) mass is 218 g/mol. The number of carbonyl (C=O) groups is 1. The molecule has 0 saturated heterocycles. The number of halogens is 3. The molecular formula is C7H5F3N4O. The highest BCUT2D eigenvalue weighted by Gasteiger charge is 2.41. The summed E-state index contributed by atoms with van der Waals surface area (Å²) in [5.74, 6) is -3.48. The summed E-state index contributed by atoms with van der Waals surface area (Å²) >= 11 is 0. The van der Waals surface area contributed by atoms with Crippen LogP contribution in [0.15, 0.2) is 12.4 Å². The third kappa shape index (κ3) is 2.48. The molecule has 0 aliphatic carbocycles. The molecule has 8 heteroatoms. The smallest absolute Gasteiger partial charge is 0.384 e. The summed E-state index contributed by atoms with van der Waals surface area (Å²) in [7, 11) is 0. The van der Waals surface area contributed by atoms with Crippen molar-refractivity contribution in [2.75, 3.05) is 0 Å². The maximum atomic E-state index is 11.9. The van der Waals surface area contributed by atoms with Crippen molar-refractivity contribution in [2.45, 2.75) is 6.18 Å². The lowest BCUT2D eigenvalue weighted by Crippen LogP contribution is -2.25. The molecule has 15 heavy (non-hydrogen) atoms. The Labute approximate surface area is 81.6 Å². The number of Topliss-reactive ketones (excluding diaryl/α,β-unsaturated/α-hetero) is 1. The van der Waals surface area contributed by atoms with Crippen LogP contribution < -0.4 is 5.73 Å². The number of hydrogen-bond donors (Lipinski definition) is 2. The zero-order chi connectivity index (χ0) is 11.6. The molecule has 0 radical (unpaired) electrons. The number of amidine groups is 1. The summed E-state index contributed by atoms with van der Waals surface area (Å²) < 4.78 is 35.7. The van der Waals surface area contributed by atoms with Crippen LogP contribution in [-0.2, 0) is 0 Å². The number of nitrogens with two attached hydrogens (primary N) is 1. The minimum Gasteiger partial charge on any atom is -0.384 e. The van der Waals surface area contributed by atoms with Crippen LogP contribution in [0.1, 0.15) is 16.2 Å². The second-order valence-electron chi connectivity index (χ2n) is 2.54. The molecule has 3 N–H and O–H groups in total. The van der Waals surface area contributed by atoms with E-state index in [9.17, 15) is 18.0 Å². The Bertz CT molecular complexity index is 398. The number of rotatable bonds is 2. The number of alkyl halides is 3. The minimum absolute atomic E-state index is 0.0497. The fourth-order valence-electron chi connectivity index (χ4n) is 0.711. The average molecular weight is 218 g/mol. The molecule has 0 fully saturated rings. The van der Waals surface area contributed by atoms with Gasteiger partial charge in [-0.3, -0.25) is 10.2 Å². The molecule has 0 bridgehead atoms. The Kier molecular flexibility index (Phi) is 2.69. The maximum absolute atomic E-state index is 11.9. The summed E-state index contributed by atoms with van der Waals surface area (Å²) in [6.07, 6.45) is -3.24. The van der Waals surface area contributed by atoms with Crippen LogP contribution in [0.3, 0.4) is 0 Å². The van der Waals surface area contributed by atoms with Gasteiger partial charge in [-0.1, -0.05) is 0 Å². The van der Waals surface area contributed by atoms with E-state index in [1.807, 2.05) is 0 Å². The van der Waals surface area contributed by atoms with Gasteiger partial charge in [0.1, 0.15) is 5.84 Å². The van der Waals surface area contributed by atoms with Gasteiger partial charge in [0.2, 0.25) is 5.82 Å². The number of nitrogens with zero attached hydrogens (tertiary/aromatic N) is 2. The first kappa shape index (κ1) is 11.1. The lowest BCUT2D eigenvalue weighted by Gasteiger charge is -2.03. The highest BCUT2D eigenvalue weighted by molar-refractivity contribution is 5.98. The zero-order valence-electron chi connectivity index (χ0n) is 7.17. The number of nitrogen functional groups attached to an aromatic ring is 1. The lowest BCUT2D eigenvalue weighted by atomic mass is 10.3. The van der Waals surface area contributed by atoms with Crippen LogP contribution in [0.4, 0.5) is 13.2 Å². The fourth-order valence-corrected chi connectivity index (χ4v) is 0.711. The van der Waals surface area contributed by atoms with Gasteiger partial charge < -0.3 is 5.73 Å². The molecule has 1 rings (SSSR count). The van der Waals surface area contributed by atoms with Crippen LogP contribution >= 0.6 is 0 Å². The first-order valence-corrected chi connectivity index (χ1v) is 3.60. The average Bonchev–Trinajstić information content (AvgIpc) is 2.15. The van der Waals surface area contributed by atoms with E-state index in [4.69, 9.17) is 11.1 Å². The van der Waals surface area contributed by atoms with Gasteiger partial charge in [-0.25, -0.2) is 9.97 Å². The Hall–Kier alpha value is -1.99. The SMILES string of the molecule is N=C(N)c1cnc(C(=O)C(F)(F)F)nc1. The van der Waals surface area contributed by atoms with E-state index in [-0.39, 0.29) is 11.4 Å². The Morgan fingerprint density at radius 3 is 2.13 bits per heavy atom. The molecule has 0 amide bonds. The molecule has 1 heterocycles. The zero-order valence-corrected chi connectivity index (χ0v) is 7.17. The van der Waals surface area contributed by atoms with Gasteiger partial charge in [-0.2, -0.15) is 13.2 Å². The molecule has 80 valence electrons. The standard InChI is InChI=1S/C7H5F3N4O/c8-7(9,10)4(15)6-13-1-3(2-14-6)5(11)12/h1-2H,(H3,11,12). The van der Waals surface area contributed by atoms with Crippen LogP contribution in [0.5, 0.6) is 0 Å². The van der Waals surface area contributed by atoms with E-state index in [1.165, 1.54) is 0 Å². The van der Waals surface area contributed by atoms with Gasteiger partial charge in [0.05, 0.1) is 5.56 Å². The number of nitrogens with one attached hydrogen (secondary N) is 1. The van der Waals surface area contributed by atoms with Crippen molar-refractivity contribution in [1.82, 2.24) is 9.97 Å². The second-order valence-corrected chi connectivity index (χ2v) is 2.54. The van der Waals surface area contributed by atoms with E-state index in [0.29, 0.717) is 0 Å². The quantitative estimate of drug-likeness (QED) is 0.429. The van der Waals surface area contributed by atoms with Crippen LogP contribution in [0, 0.1) is 5.41 Å². The Balaban J connectivity index is 3.00. The molecule has 0 aliphatic heterocycles. The summed E-state index contributed by atoms with van der Waals surface area (Å²) in [5, 5.41) is 6.93. The van der Waals surface area contributed by atoms with E-state index >= 15 is 0 Å². The topological polar surface area (TPSA) is 92.7 Å². The van der Waals surface area contributed by atoms with Crippen LogP contribution in [0.2, 0.25) is 0 Å². The minimum atomic E-state index is -5.00.